The van der Waals surface area contributed by atoms with Gasteiger partial charge in [0.1, 0.15) is 0 Å². The number of hydrogen-bond donors (Lipinski definition) is 1. The highest BCUT2D eigenvalue weighted by Crippen LogP contribution is 2.30. The Morgan fingerprint density at radius 3 is 2.50 bits per heavy atom. The number of aromatic nitrogens is 1. The maximum Gasteiger partial charge on any atom is 0.261 e. The van der Waals surface area contributed by atoms with Gasteiger partial charge in [-0.3, -0.25) is 14.4 Å². The molecule has 3 aromatic rings. The van der Waals surface area contributed by atoms with E-state index in [2.05, 4.69) is 5.32 Å². The first-order valence-corrected chi connectivity index (χ1v) is 8.93. The zero-order chi connectivity index (χ0) is 19.8. The van der Waals surface area contributed by atoms with E-state index in [1.54, 1.807) is 30.3 Å². The quantitative estimate of drug-likeness (QED) is 0.564. The minimum absolute atomic E-state index is 0.0650. The summed E-state index contributed by atoms with van der Waals surface area (Å²) in [6.45, 7) is 1.42. The zero-order valence-electron chi connectivity index (χ0n) is 15.6. The molecule has 1 N–H and O–H groups in total. The van der Waals surface area contributed by atoms with Crippen LogP contribution in [0.5, 0.6) is 0 Å². The van der Waals surface area contributed by atoms with E-state index in [0.29, 0.717) is 16.9 Å². The van der Waals surface area contributed by atoms with Gasteiger partial charge < -0.3 is 9.88 Å². The van der Waals surface area contributed by atoms with Crippen LogP contribution in [0.15, 0.2) is 60.3 Å². The number of fused-ring (bicyclic) bond motifs is 1. The lowest BCUT2D eigenvalue weighted by molar-refractivity contribution is -0.120. The summed E-state index contributed by atoms with van der Waals surface area (Å²) in [5.41, 5.74) is 3.55. The van der Waals surface area contributed by atoms with Gasteiger partial charge in [-0.2, -0.15) is 0 Å². The number of nitrogens with zero attached hydrogens (tertiary/aromatic N) is 2. The third-order valence-electron chi connectivity index (χ3n) is 4.77. The predicted octanol–water partition coefficient (Wildman–Crippen LogP) is 3.48. The first-order valence-electron chi connectivity index (χ1n) is 8.93. The van der Waals surface area contributed by atoms with E-state index in [-0.39, 0.29) is 24.1 Å². The molecule has 0 saturated carbocycles. The molecular weight excluding hydrogens is 354 g/mol. The molecule has 0 radical (unpaired) electrons. The van der Waals surface area contributed by atoms with Gasteiger partial charge in [0, 0.05) is 47.9 Å². The fourth-order valence-corrected chi connectivity index (χ4v) is 3.52. The molecule has 2 aromatic carbocycles. The lowest BCUT2D eigenvalue weighted by Gasteiger charge is -2.14. The Morgan fingerprint density at radius 2 is 1.79 bits per heavy atom. The average molecular weight is 373 g/mol. The van der Waals surface area contributed by atoms with Crippen molar-refractivity contribution in [3.8, 4) is 0 Å². The van der Waals surface area contributed by atoms with Crippen molar-refractivity contribution >= 4 is 46.1 Å². The summed E-state index contributed by atoms with van der Waals surface area (Å²) in [5.74, 6) is -0.754. The third kappa shape index (κ3) is 3.09. The molecule has 1 aliphatic heterocycles. The number of rotatable bonds is 3. The maximum absolute atomic E-state index is 12.9. The van der Waals surface area contributed by atoms with E-state index in [0.717, 1.165) is 16.5 Å². The summed E-state index contributed by atoms with van der Waals surface area (Å²) in [6.07, 6.45) is 3.82. The Bertz CT molecular complexity index is 1140. The second-order valence-corrected chi connectivity index (χ2v) is 6.82. The molecule has 0 atom stereocenters. The van der Waals surface area contributed by atoms with Crippen LogP contribution in [0.3, 0.4) is 0 Å². The summed E-state index contributed by atoms with van der Waals surface area (Å²) in [6, 6.07) is 14.6. The van der Waals surface area contributed by atoms with Crippen LogP contribution in [0.4, 0.5) is 11.4 Å². The average Bonchev–Trinajstić information content (AvgIpc) is 3.12. The highest BCUT2D eigenvalue weighted by atomic mass is 16.2. The molecule has 0 bridgehead atoms. The Kier molecular flexibility index (Phi) is 4.31. The van der Waals surface area contributed by atoms with Crippen LogP contribution in [0.1, 0.15) is 18.9 Å². The number of para-hydroxylation sites is 1. The molecular formula is C22H19N3O3. The van der Waals surface area contributed by atoms with Crippen LogP contribution >= 0.6 is 0 Å². The Labute approximate surface area is 162 Å². The van der Waals surface area contributed by atoms with Gasteiger partial charge in [-0.25, -0.2) is 4.90 Å². The van der Waals surface area contributed by atoms with Gasteiger partial charge in [0.05, 0.1) is 12.1 Å². The van der Waals surface area contributed by atoms with Crippen molar-refractivity contribution in [2.45, 2.75) is 13.3 Å². The number of imide groups is 1. The summed E-state index contributed by atoms with van der Waals surface area (Å²) in [5, 5.41) is 3.70. The lowest BCUT2D eigenvalue weighted by Crippen LogP contribution is -2.28. The second-order valence-electron chi connectivity index (χ2n) is 6.82. The van der Waals surface area contributed by atoms with E-state index in [4.69, 9.17) is 0 Å². The molecule has 1 fully saturated rings. The molecule has 1 aromatic heterocycles. The molecule has 0 aliphatic carbocycles. The van der Waals surface area contributed by atoms with Crippen molar-refractivity contribution < 1.29 is 14.4 Å². The summed E-state index contributed by atoms with van der Waals surface area (Å²) in [7, 11) is 1.95. The molecule has 3 amide bonds. The smallest absolute Gasteiger partial charge is 0.261 e. The molecule has 1 saturated heterocycles. The number of carbonyl (C=O) groups excluding carboxylic acids is 3. The minimum atomic E-state index is -0.315. The molecule has 2 heterocycles. The van der Waals surface area contributed by atoms with E-state index in [1.807, 2.05) is 42.1 Å². The Hall–Kier alpha value is -3.67. The van der Waals surface area contributed by atoms with Gasteiger partial charge >= 0.3 is 0 Å². The topological polar surface area (TPSA) is 71.4 Å². The number of amides is 3. The number of benzene rings is 2. The predicted molar refractivity (Wildman–Crippen MR) is 109 cm³/mol. The Balaban J connectivity index is 1.65. The molecule has 28 heavy (non-hydrogen) atoms. The normalized spacial score (nSPS) is 15.6. The van der Waals surface area contributed by atoms with Crippen LogP contribution in [0, 0.1) is 0 Å². The van der Waals surface area contributed by atoms with Crippen LogP contribution in [0.2, 0.25) is 0 Å². The van der Waals surface area contributed by atoms with Gasteiger partial charge in [0.2, 0.25) is 11.8 Å². The van der Waals surface area contributed by atoms with Gasteiger partial charge in [0.25, 0.3) is 5.91 Å². The summed E-state index contributed by atoms with van der Waals surface area (Å²) in [4.78, 5) is 37.7. The lowest BCUT2D eigenvalue weighted by atomic mass is 10.1. The number of aryl methyl sites for hydroxylation is 1. The van der Waals surface area contributed by atoms with Crippen LogP contribution in [-0.2, 0) is 21.4 Å². The molecule has 0 spiro atoms. The van der Waals surface area contributed by atoms with Gasteiger partial charge in [-0.1, -0.05) is 18.2 Å². The van der Waals surface area contributed by atoms with Crippen molar-refractivity contribution in [2.24, 2.45) is 7.05 Å². The van der Waals surface area contributed by atoms with Crippen LogP contribution in [-0.4, -0.2) is 22.3 Å². The van der Waals surface area contributed by atoms with Crippen molar-refractivity contribution in [2.75, 3.05) is 10.2 Å². The Morgan fingerprint density at radius 1 is 1.07 bits per heavy atom. The third-order valence-corrected chi connectivity index (χ3v) is 4.77. The fraction of sp³-hybridized carbons (Fsp3) is 0.136. The van der Waals surface area contributed by atoms with E-state index in [1.165, 1.54) is 11.8 Å². The molecule has 4 rings (SSSR count). The number of hydrogen-bond acceptors (Lipinski definition) is 3. The van der Waals surface area contributed by atoms with E-state index < -0.39 is 0 Å². The molecule has 6 heteroatoms. The monoisotopic (exact) mass is 373 g/mol. The molecule has 6 nitrogen and oxygen atoms in total. The van der Waals surface area contributed by atoms with Crippen molar-refractivity contribution in [1.82, 2.24) is 4.57 Å². The van der Waals surface area contributed by atoms with Crippen molar-refractivity contribution in [1.29, 1.82) is 0 Å². The maximum atomic E-state index is 12.9. The highest BCUT2D eigenvalue weighted by Gasteiger charge is 2.35. The zero-order valence-corrected chi connectivity index (χ0v) is 15.6. The van der Waals surface area contributed by atoms with Crippen LogP contribution in [0.25, 0.3) is 17.0 Å². The number of carbonyl (C=O) groups is 3. The fourth-order valence-electron chi connectivity index (χ4n) is 3.52. The minimum Gasteiger partial charge on any atom is -0.350 e. The standard InChI is InChI=1S/C22H19N3O3/c1-14(26)23-17-7-9-18(10-8-17)25-21(27)12-15(22(25)28)11-16-13-24(2)20-6-4-3-5-19(16)20/h3-11,13H,12H2,1-2H3,(H,23,26). The van der Waals surface area contributed by atoms with Gasteiger partial charge in [-0.05, 0) is 36.4 Å². The van der Waals surface area contributed by atoms with E-state index >= 15 is 0 Å². The van der Waals surface area contributed by atoms with Crippen molar-refractivity contribution in [3.63, 3.8) is 0 Å². The molecule has 140 valence electrons. The first-order chi connectivity index (χ1) is 13.4. The van der Waals surface area contributed by atoms with Crippen LogP contribution < -0.4 is 10.2 Å². The van der Waals surface area contributed by atoms with E-state index in [9.17, 15) is 14.4 Å². The largest absolute Gasteiger partial charge is 0.350 e. The molecule has 1 aliphatic rings. The number of nitrogens with one attached hydrogen (secondary N) is 1. The highest BCUT2D eigenvalue weighted by molar-refractivity contribution is 6.29. The number of anilines is 2. The van der Waals surface area contributed by atoms with Gasteiger partial charge in [-0.15, -0.1) is 0 Å². The van der Waals surface area contributed by atoms with Crippen molar-refractivity contribution in [3.05, 3.63) is 65.9 Å². The summed E-state index contributed by atoms with van der Waals surface area (Å²) >= 11 is 0. The first kappa shape index (κ1) is 17.7. The second kappa shape index (κ2) is 6.81. The summed E-state index contributed by atoms with van der Waals surface area (Å²) < 4.78 is 2.00. The van der Waals surface area contributed by atoms with Gasteiger partial charge in [0.15, 0.2) is 0 Å². The SMILES string of the molecule is CC(=O)Nc1ccc(N2C(=O)CC(=Cc3cn(C)c4ccccc34)C2=O)cc1. The molecule has 0 unspecified atom stereocenters.